The second-order valence-electron chi connectivity index (χ2n) is 6.00. The average molecular weight is 320 g/mol. The van der Waals surface area contributed by atoms with Crippen LogP contribution in [0.25, 0.3) is 0 Å². The molecule has 0 saturated heterocycles. The fourth-order valence-corrected chi connectivity index (χ4v) is 2.85. The number of rotatable bonds is 6. The van der Waals surface area contributed by atoms with Gasteiger partial charge in [-0.1, -0.05) is 26.0 Å². The van der Waals surface area contributed by atoms with Crippen LogP contribution >= 0.6 is 0 Å². The molecule has 0 amide bonds. The van der Waals surface area contributed by atoms with Gasteiger partial charge in [-0.2, -0.15) is 0 Å². The maximum Gasteiger partial charge on any atom is 0.153 e. The molecule has 0 saturated carbocycles. The van der Waals surface area contributed by atoms with E-state index in [1.807, 2.05) is 24.7 Å². The van der Waals surface area contributed by atoms with Crippen molar-refractivity contribution in [3.8, 4) is 0 Å². The number of pyridine rings is 1. The summed E-state index contributed by atoms with van der Waals surface area (Å²) in [7, 11) is 0. The van der Waals surface area contributed by atoms with Crippen LogP contribution in [0.15, 0.2) is 61.3 Å². The monoisotopic (exact) mass is 320 g/mol. The molecule has 0 fully saturated rings. The Morgan fingerprint density at radius 1 is 1.12 bits per heavy atom. The van der Waals surface area contributed by atoms with Crippen LogP contribution in [0.2, 0.25) is 0 Å². The van der Waals surface area contributed by atoms with Crippen molar-refractivity contribution in [2.24, 2.45) is 5.92 Å². The molecule has 0 spiro atoms. The van der Waals surface area contributed by atoms with Crippen LogP contribution in [-0.2, 0) is 0 Å². The zero-order valence-electron chi connectivity index (χ0n) is 13.8. The molecule has 3 aromatic rings. The minimum atomic E-state index is 0.238. The van der Waals surface area contributed by atoms with Crippen molar-refractivity contribution in [2.75, 3.05) is 5.32 Å². The highest BCUT2D eigenvalue weighted by Gasteiger charge is 2.17. The largest absolute Gasteiger partial charge is 0.340 e. The van der Waals surface area contributed by atoms with Crippen LogP contribution in [0, 0.1) is 5.92 Å². The molecule has 0 aliphatic rings. The second kappa shape index (κ2) is 7.08. The lowest BCUT2D eigenvalue weighted by Crippen LogP contribution is -2.15. The zero-order valence-corrected chi connectivity index (χ0v) is 13.8. The van der Waals surface area contributed by atoms with Crippen molar-refractivity contribution in [3.63, 3.8) is 0 Å². The van der Waals surface area contributed by atoms with E-state index < -0.39 is 0 Å². The van der Waals surface area contributed by atoms with Crippen LogP contribution in [0.5, 0.6) is 0 Å². The number of carbonyl (C=O) groups is 1. The Labute approximate surface area is 141 Å². The number of imidazole rings is 1. The number of nitrogens with zero attached hydrogens (tertiary/aromatic N) is 3. The van der Waals surface area contributed by atoms with E-state index in [4.69, 9.17) is 0 Å². The molecule has 5 heteroatoms. The molecular formula is C19H20N4O. The van der Waals surface area contributed by atoms with Gasteiger partial charge in [0.2, 0.25) is 0 Å². The molecule has 1 atom stereocenters. The summed E-state index contributed by atoms with van der Waals surface area (Å²) >= 11 is 0. The minimum absolute atomic E-state index is 0.238. The molecular weight excluding hydrogens is 300 g/mol. The van der Waals surface area contributed by atoms with E-state index in [0.29, 0.717) is 17.3 Å². The molecule has 1 N–H and O–H groups in total. The second-order valence-corrected chi connectivity index (χ2v) is 6.00. The average Bonchev–Trinajstić information content (AvgIpc) is 3.11. The summed E-state index contributed by atoms with van der Waals surface area (Å²) in [5, 5.41) is 3.19. The number of benzene rings is 1. The first kappa shape index (κ1) is 15.9. The Kier molecular flexibility index (Phi) is 4.70. The highest BCUT2D eigenvalue weighted by atomic mass is 16.1. The Morgan fingerprint density at radius 3 is 2.54 bits per heavy atom. The summed E-state index contributed by atoms with van der Waals surface area (Å²) in [5.41, 5.74) is 2.65. The molecule has 3 rings (SSSR count). The molecule has 24 heavy (non-hydrogen) atoms. The molecule has 2 aromatic heterocycles. The molecule has 0 radical (unpaired) electrons. The number of hydrogen-bond donors (Lipinski definition) is 1. The summed E-state index contributed by atoms with van der Waals surface area (Å²) in [6.07, 6.45) is 8.10. The fourth-order valence-electron chi connectivity index (χ4n) is 2.85. The lowest BCUT2D eigenvalue weighted by Gasteiger charge is -2.23. The quantitative estimate of drug-likeness (QED) is 0.695. The molecule has 1 aromatic carbocycles. The predicted octanol–water partition coefficient (Wildman–Crippen LogP) is 4.08. The maximum absolute atomic E-state index is 11.1. The topological polar surface area (TPSA) is 59.8 Å². The number of nitrogens with one attached hydrogen (secondary N) is 1. The number of carbonyl (C=O) groups excluding carboxylic acids is 1. The van der Waals surface area contributed by atoms with E-state index in [2.05, 4.69) is 45.8 Å². The molecule has 1 unspecified atom stereocenters. The first-order valence-electron chi connectivity index (χ1n) is 7.93. The van der Waals surface area contributed by atoms with Crippen molar-refractivity contribution in [1.29, 1.82) is 0 Å². The summed E-state index contributed by atoms with van der Waals surface area (Å²) in [5.74, 6) is 1.01. The lowest BCUT2D eigenvalue weighted by molar-refractivity contribution is 0.112. The smallest absolute Gasteiger partial charge is 0.153 e. The van der Waals surface area contributed by atoms with Crippen LogP contribution in [-0.4, -0.2) is 20.8 Å². The first-order valence-corrected chi connectivity index (χ1v) is 7.93. The van der Waals surface area contributed by atoms with Gasteiger partial charge in [-0.25, -0.2) is 9.97 Å². The van der Waals surface area contributed by atoms with E-state index in [1.54, 1.807) is 24.5 Å². The van der Waals surface area contributed by atoms with Crippen LogP contribution in [0.3, 0.4) is 0 Å². The molecule has 5 nitrogen and oxygen atoms in total. The lowest BCUT2D eigenvalue weighted by atomic mass is 9.95. The Bertz CT molecular complexity index is 794. The Balaban J connectivity index is 1.83. The minimum Gasteiger partial charge on any atom is -0.340 e. The standard InChI is InChI=1S/C19H20N4O/c1-14(2)18(23-11-10-20-13-23)15-5-7-17(8-6-15)22-19-16(12-24)4-3-9-21-19/h3-14,18H,1-2H3,(H,21,22). The Hall–Kier alpha value is -2.95. The highest BCUT2D eigenvalue weighted by Crippen LogP contribution is 2.28. The van der Waals surface area contributed by atoms with Crippen molar-refractivity contribution in [2.45, 2.75) is 19.9 Å². The molecule has 0 aliphatic heterocycles. The molecule has 122 valence electrons. The summed E-state index contributed by atoms with van der Waals surface area (Å²) in [6.45, 7) is 4.39. The fraction of sp³-hybridized carbons (Fsp3) is 0.211. The van der Waals surface area contributed by atoms with Crippen molar-refractivity contribution >= 4 is 17.8 Å². The molecule has 0 aliphatic carbocycles. The summed E-state index contributed by atoms with van der Waals surface area (Å²) in [4.78, 5) is 19.4. The highest BCUT2D eigenvalue weighted by molar-refractivity contribution is 5.83. The Morgan fingerprint density at radius 2 is 1.92 bits per heavy atom. The van der Waals surface area contributed by atoms with Gasteiger partial charge in [0.25, 0.3) is 0 Å². The molecule has 0 bridgehead atoms. The summed E-state index contributed by atoms with van der Waals surface area (Å²) in [6, 6.07) is 11.9. The van der Waals surface area contributed by atoms with Crippen molar-refractivity contribution in [1.82, 2.24) is 14.5 Å². The van der Waals surface area contributed by atoms with Gasteiger partial charge in [-0.05, 0) is 35.7 Å². The van der Waals surface area contributed by atoms with E-state index in [9.17, 15) is 4.79 Å². The van der Waals surface area contributed by atoms with Gasteiger partial charge >= 0.3 is 0 Å². The van der Waals surface area contributed by atoms with Gasteiger partial charge in [-0.15, -0.1) is 0 Å². The van der Waals surface area contributed by atoms with Crippen LogP contribution in [0.4, 0.5) is 11.5 Å². The molecule has 2 heterocycles. The van der Waals surface area contributed by atoms with Gasteiger partial charge in [0.1, 0.15) is 5.82 Å². The third-order valence-corrected chi connectivity index (χ3v) is 3.96. The van der Waals surface area contributed by atoms with Crippen LogP contribution < -0.4 is 5.32 Å². The number of hydrogen-bond acceptors (Lipinski definition) is 4. The van der Waals surface area contributed by atoms with E-state index >= 15 is 0 Å². The van der Waals surface area contributed by atoms with Gasteiger partial charge in [0.05, 0.1) is 17.9 Å². The summed E-state index contributed by atoms with van der Waals surface area (Å²) < 4.78 is 2.12. The maximum atomic E-state index is 11.1. The normalized spacial score (nSPS) is 12.1. The number of anilines is 2. The van der Waals surface area contributed by atoms with Crippen LogP contribution in [0.1, 0.15) is 35.8 Å². The van der Waals surface area contributed by atoms with Crippen molar-refractivity contribution < 1.29 is 4.79 Å². The zero-order chi connectivity index (χ0) is 16.9. The van der Waals surface area contributed by atoms with Gasteiger partial charge in [-0.3, -0.25) is 4.79 Å². The van der Waals surface area contributed by atoms with Gasteiger partial charge in [0.15, 0.2) is 6.29 Å². The van der Waals surface area contributed by atoms with Gasteiger partial charge < -0.3 is 9.88 Å². The third kappa shape index (κ3) is 3.35. The number of aldehydes is 1. The van der Waals surface area contributed by atoms with Crippen molar-refractivity contribution in [3.05, 3.63) is 72.4 Å². The van der Waals surface area contributed by atoms with Gasteiger partial charge in [0, 0.05) is 24.3 Å². The first-order chi connectivity index (χ1) is 11.7. The van der Waals surface area contributed by atoms with E-state index in [0.717, 1.165) is 12.0 Å². The number of aromatic nitrogens is 3. The van der Waals surface area contributed by atoms with E-state index in [-0.39, 0.29) is 6.04 Å². The SMILES string of the molecule is CC(C)C(c1ccc(Nc2ncccc2C=O)cc1)n1ccnc1. The third-order valence-electron chi connectivity index (χ3n) is 3.96. The van der Waals surface area contributed by atoms with E-state index in [1.165, 1.54) is 5.56 Å². The predicted molar refractivity (Wildman–Crippen MR) is 94.6 cm³/mol.